The van der Waals surface area contributed by atoms with Gasteiger partial charge in [-0.25, -0.2) is 9.97 Å². The summed E-state index contributed by atoms with van der Waals surface area (Å²) < 4.78 is 0. The standard InChI is InChI=1S/C25H24N6O2/c1-15-22-14-29-23(30-24(32)17-3-4-17)11-21(22)18(12-27-15)5-6-19-7-8-20(13-28-19)31-10-9-26-16(2)25(31)33/h7-8,11-14,16-17,26H,3-4,9-10H2,1-2H3,(H,29,30,32)/t16-/m0/s1. The predicted octanol–water partition coefficient (Wildman–Crippen LogP) is 2.41. The van der Waals surface area contributed by atoms with E-state index in [9.17, 15) is 9.59 Å². The molecular weight excluding hydrogens is 416 g/mol. The number of carbonyl (C=O) groups is 2. The third kappa shape index (κ3) is 4.41. The second-order valence-electron chi connectivity index (χ2n) is 8.45. The van der Waals surface area contributed by atoms with Gasteiger partial charge in [-0.15, -0.1) is 0 Å². The molecule has 8 heteroatoms. The number of aryl methyl sites for hydroxylation is 1. The van der Waals surface area contributed by atoms with E-state index in [1.165, 1.54) is 0 Å². The zero-order valence-electron chi connectivity index (χ0n) is 18.6. The van der Waals surface area contributed by atoms with E-state index in [1.807, 2.05) is 32.0 Å². The fraction of sp³-hybridized carbons (Fsp3) is 0.320. The fourth-order valence-electron chi connectivity index (χ4n) is 3.84. The van der Waals surface area contributed by atoms with Crippen molar-refractivity contribution in [1.82, 2.24) is 20.3 Å². The highest BCUT2D eigenvalue weighted by Crippen LogP contribution is 2.30. The number of hydrogen-bond acceptors (Lipinski definition) is 6. The molecule has 0 radical (unpaired) electrons. The van der Waals surface area contributed by atoms with E-state index in [2.05, 4.69) is 37.4 Å². The minimum atomic E-state index is -0.200. The van der Waals surface area contributed by atoms with Gasteiger partial charge in [0.25, 0.3) is 0 Å². The summed E-state index contributed by atoms with van der Waals surface area (Å²) in [6.45, 7) is 5.15. The van der Waals surface area contributed by atoms with Gasteiger partial charge < -0.3 is 15.5 Å². The van der Waals surface area contributed by atoms with Crippen molar-refractivity contribution in [3.05, 3.63) is 53.7 Å². The van der Waals surface area contributed by atoms with Crippen LogP contribution in [0.15, 0.2) is 36.8 Å². The maximum absolute atomic E-state index is 12.4. The Morgan fingerprint density at radius 3 is 2.73 bits per heavy atom. The molecule has 1 saturated heterocycles. The van der Waals surface area contributed by atoms with Crippen LogP contribution in [0.5, 0.6) is 0 Å². The van der Waals surface area contributed by atoms with Gasteiger partial charge in [-0.2, -0.15) is 0 Å². The Bertz CT molecular complexity index is 1300. The highest BCUT2D eigenvalue weighted by atomic mass is 16.2. The van der Waals surface area contributed by atoms with Crippen LogP contribution in [0.25, 0.3) is 10.8 Å². The molecule has 1 atom stereocenters. The van der Waals surface area contributed by atoms with E-state index in [4.69, 9.17) is 0 Å². The van der Waals surface area contributed by atoms with Crippen molar-refractivity contribution in [2.24, 2.45) is 5.92 Å². The summed E-state index contributed by atoms with van der Waals surface area (Å²) in [5.41, 5.74) is 2.94. The lowest BCUT2D eigenvalue weighted by Crippen LogP contribution is -2.53. The first kappa shape index (κ1) is 21.0. The zero-order chi connectivity index (χ0) is 22.9. The molecular formula is C25H24N6O2. The highest BCUT2D eigenvalue weighted by Gasteiger charge is 2.30. The van der Waals surface area contributed by atoms with Gasteiger partial charge in [0.2, 0.25) is 11.8 Å². The van der Waals surface area contributed by atoms with Gasteiger partial charge in [-0.1, -0.05) is 5.92 Å². The van der Waals surface area contributed by atoms with E-state index in [0.717, 1.165) is 47.1 Å². The van der Waals surface area contributed by atoms with Crippen LogP contribution in [-0.2, 0) is 9.59 Å². The molecule has 0 unspecified atom stereocenters. The molecule has 2 aliphatic rings. The third-order valence-corrected chi connectivity index (χ3v) is 5.98. The lowest BCUT2D eigenvalue weighted by atomic mass is 10.1. The Morgan fingerprint density at radius 2 is 1.97 bits per heavy atom. The number of aromatic nitrogens is 3. The van der Waals surface area contributed by atoms with Gasteiger partial charge in [-0.05, 0) is 50.8 Å². The van der Waals surface area contributed by atoms with Crippen LogP contribution in [-0.4, -0.2) is 45.9 Å². The molecule has 1 aliphatic carbocycles. The molecule has 1 saturated carbocycles. The van der Waals surface area contributed by atoms with Gasteiger partial charge in [0.05, 0.1) is 23.5 Å². The Morgan fingerprint density at radius 1 is 1.12 bits per heavy atom. The topological polar surface area (TPSA) is 100 Å². The maximum Gasteiger partial charge on any atom is 0.243 e. The Hall–Kier alpha value is -3.83. The van der Waals surface area contributed by atoms with Crippen LogP contribution in [0.1, 0.15) is 36.7 Å². The van der Waals surface area contributed by atoms with E-state index >= 15 is 0 Å². The first-order valence-electron chi connectivity index (χ1n) is 11.1. The van der Waals surface area contributed by atoms with Crippen LogP contribution < -0.4 is 15.5 Å². The number of rotatable bonds is 3. The molecule has 2 fully saturated rings. The molecule has 4 heterocycles. The number of nitrogens with zero attached hydrogens (tertiary/aromatic N) is 4. The third-order valence-electron chi connectivity index (χ3n) is 5.98. The van der Waals surface area contributed by atoms with Crippen LogP contribution in [0.2, 0.25) is 0 Å². The van der Waals surface area contributed by atoms with Gasteiger partial charge in [0.1, 0.15) is 11.5 Å². The molecule has 0 aromatic carbocycles. The Kier molecular flexibility index (Phi) is 5.48. The van der Waals surface area contributed by atoms with Crippen molar-refractivity contribution < 1.29 is 9.59 Å². The van der Waals surface area contributed by atoms with Crippen LogP contribution in [0, 0.1) is 24.7 Å². The molecule has 5 rings (SSSR count). The van der Waals surface area contributed by atoms with Crippen molar-refractivity contribution in [1.29, 1.82) is 0 Å². The van der Waals surface area contributed by atoms with Gasteiger partial charge in [0.15, 0.2) is 0 Å². The van der Waals surface area contributed by atoms with Gasteiger partial charge >= 0.3 is 0 Å². The number of fused-ring (bicyclic) bond motifs is 1. The molecule has 33 heavy (non-hydrogen) atoms. The first-order chi connectivity index (χ1) is 16.0. The maximum atomic E-state index is 12.4. The number of anilines is 2. The van der Waals surface area contributed by atoms with Crippen molar-refractivity contribution >= 4 is 34.1 Å². The lowest BCUT2D eigenvalue weighted by Gasteiger charge is -2.31. The van der Waals surface area contributed by atoms with Crippen LogP contribution >= 0.6 is 0 Å². The minimum Gasteiger partial charge on any atom is -0.310 e. The quantitative estimate of drug-likeness (QED) is 0.607. The summed E-state index contributed by atoms with van der Waals surface area (Å²) in [4.78, 5) is 39.5. The summed E-state index contributed by atoms with van der Waals surface area (Å²) >= 11 is 0. The fourth-order valence-corrected chi connectivity index (χ4v) is 3.84. The van der Waals surface area contributed by atoms with Crippen molar-refractivity contribution in [2.45, 2.75) is 32.7 Å². The largest absolute Gasteiger partial charge is 0.310 e. The molecule has 8 nitrogen and oxygen atoms in total. The van der Waals surface area contributed by atoms with E-state index in [0.29, 0.717) is 18.1 Å². The first-order valence-corrected chi connectivity index (χ1v) is 11.1. The molecule has 2 amide bonds. The number of pyridine rings is 3. The molecule has 2 N–H and O–H groups in total. The smallest absolute Gasteiger partial charge is 0.243 e. The molecule has 3 aromatic rings. The second kappa shape index (κ2) is 8.60. The average molecular weight is 441 g/mol. The van der Waals surface area contributed by atoms with Crippen molar-refractivity contribution in [3.63, 3.8) is 0 Å². The Balaban J connectivity index is 1.41. The lowest BCUT2D eigenvalue weighted by molar-refractivity contribution is -0.121. The molecule has 0 spiro atoms. The second-order valence-corrected chi connectivity index (χ2v) is 8.45. The number of nitrogens with one attached hydrogen (secondary N) is 2. The van der Waals surface area contributed by atoms with Crippen molar-refractivity contribution in [2.75, 3.05) is 23.3 Å². The average Bonchev–Trinajstić information content (AvgIpc) is 3.67. The molecule has 166 valence electrons. The van der Waals surface area contributed by atoms with Crippen molar-refractivity contribution in [3.8, 4) is 11.8 Å². The summed E-state index contributed by atoms with van der Waals surface area (Å²) in [6, 6.07) is 5.33. The number of carbonyl (C=O) groups excluding carboxylic acids is 2. The number of hydrogen-bond donors (Lipinski definition) is 2. The predicted molar refractivity (Wildman–Crippen MR) is 126 cm³/mol. The Labute approximate surface area is 191 Å². The monoisotopic (exact) mass is 440 g/mol. The van der Waals surface area contributed by atoms with E-state index < -0.39 is 0 Å². The van der Waals surface area contributed by atoms with E-state index in [1.54, 1.807) is 23.5 Å². The number of piperazine rings is 1. The van der Waals surface area contributed by atoms with Gasteiger partial charge in [-0.3, -0.25) is 14.6 Å². The normalized spacial score (nSPS) is 18.1. The summed E-state index contributed by atoms with van der Waals surface area (Å²) in [6.07, 6.45) is 7.01. The molecule has 1 aliphatic heterocycles. The van der Waals surface area contributed by atoms with Gasteiger partial charge in [0, 0.05) is 47.9 Å². The summed E-state index contributed by atoms with van der Waals surface area (Å²) in [5.74, 6) is 6.92. The van der Waals surface area contributed by atoms with Crippen LogP contribution in [0.4, 0.5) is 11.5 Å². The molecule has 3 aromatic heterocycles. The zero-order valence-corrected chi connectivity index (χ0v) is 18.6. The molecule has 0 bridgehead atoms. The minimum absolute atomic E-state index is 0.0157. The number of amides is 2. The summed E-state index contributed by atoms with van der Waals surface area (Å²) in [7, 11) is 0. The SMILES string of the molecule is Cc1ncc(C#Cc2ccc(N3CCN[C@@H](C)C3=O)cn2)c2cc(NC(=O)C3CC3)ncc12. The highest BCUT2D eigenvalue weighted by molar-refractivity contribution is 5.98. The summed E-state index contributed by atoms with van der Waals surface area (Å²) in [5, 5.41) is 7.82. The van der Waals surface area contributed by atoms with Crippen LogP contribution in [0.3, 0.4) is 0 Å². The van der Waals surface area contributed by atoms with E-state index in [-0.39, 0.29) is 23.8 Å².